The molecule has 1 aliphatic rings. The van der Waals surface area contributed by atoms with Gasteiger partial charge in [-0.1, -0.05) is 18.6 Å². The molecule has 2 N–H and O–H groups in total. The summed E-state index contributed by atoms with van der Waals surface area (Å²) in [7, 11) is 2.92. The lowest BCUT2D eigenvalue weighted by Gasteiger charge is -2.31. The SMILES string of the molecule is COc1ccc(C[C@H]2CCC[C@H](NC(=O)c3nccc(OC)c3O)C(=O)O[C@@H](C)[C@@H]2OCCC(C)(F)F)cc1. The molecule has 0 bridgehead atoms. The fourth-order valence-electron chi connectivity index (χ4n) is 4.64. The Kier molecular flexibility index (Phi) is 10.4. The Labute approximate surface area is 226 Å². The van der Waals surface area contributed by atoms with E-state index in [1.54, 1.807) is 14.0 Å². The smallest absolute Gasteiger partial charge is 0.329 e. The number of ether oxygens (including phenoxy) is 4. The standard InChI is InChI=1S/C28H36F2N2O7/c1-17-25(38-15-13-28(2,29)30)19(16-18-8-10-20(36-3)11-9-18)6-5-7-21(27(35)39-17)32-26(34)23-24(33)22(37-4)12-14-31-23/h8-12,14,17,19,21,25,33H,5-7,13,15-16H2,1-4H3,(H,32,34)/t17-,19+,21-,25-/m0/s1. The predicted molar refractivity (Wildman–Crippen MR) is 138 cm³/mol. The number of rotatable bonds is 10. The van der Waals surface area contributed by atoms with Crippen LogP contribution in [0.15, 0.2) is 36.5 Å². The first-order chi connectivity index (χ1) is 18.5. The van der Waals surface area contributed by atoms with Gasteiger partial charge in [-0.15, -0.1) is 0 Å². The predicted octanol–water partition coefficient (Wildman–Crippen LogP) is 4.31. The minimum Gasteiger partial charge on any atom is -0.503 e. The van der Waals surface area contributed by atoms with Gasteiger partial charge >= 0.3 is 5.97 Å². The summed E-state index contributed by atoms with van der Waals surface area (Å²) < 4.78 is 48.9. The van der Waals surface area contributed by atoms with E-state index in [2.05, 4.69) is 10.3 Å². The molecule has 11 heteroatoms. The van der Waals surface area contributed by atoms with Crippen LogP contribution >= 0.6 is 0 Å². The molecule has 0 spiro atoms. The fourth-order valence-corrected chi connectivity index (χ4v) is 4.64. The monoisotopic (exact) mass is 550 g/mol. The van der Waals surface area contributed by atoms with Gasteiger partial charge in [-0.2, -0.15) is 0 Å². The third-order valence-corrected chi connectivity index (χ3v) is 6.72. The van der Waals surface area contributed by atoms with E-state index < -0.39 is 48.2 Å². The number of nitrogens with one attached hydrogen (secondary N) is 1. The van der Waals surface area contributed by atoms with Gasteiger partial charge in [0.1, 0.15) is 17.9 Å². The first kappa shape index (κ1) is 30.1. The van der Waals surface area contributed by atoms with Crippen molar-refractivity contribution in [2.24, 2.45) is 5.92 Å². The van der Waals surface area contributed by atoms with Crippen molar-refractivity contribution in [3.8, 4) is 17.2 Å². The van der Waals surface area contributed by atoms with Crippen LogP contribution in [0.3, 0.4) is 0 Å². The molecule has 1 aromatic heterocycles. The highest BCUT2D eigenvalue weighted by atomic mass is 19.3. The molecule has 1 fully saturated rings. The number of benzene rings is 1. The number of aromatic hydroxyl groups is 1. The Morgan fingerprint density at radius 3 is 2.54 bits per heavy atom. The second kappa shape index (κ2) is 13.5. The lowest BCUT2D eigenvalue weighted by atomic mass is 9.86. The number of cyclic esters (lactones) is 1. The van der Waals surface area contributed by atoms with Gasteiger partial charge in [-0.25, -0.2) is 18.6 Å². The Morgan fingerprint density at radius 2 is 1.90 bits per heavy atom. The van der Waals surface area contributed by atoms with Gasteiger partial charge in [0, 0.05) is 18.7 Å². The van der Waals surface area contributed by atoms with Crippen molar-refractivity contribution in [2.45, 2.75) is 70.1 Å². The number of esters is 1. The number of carbonyl (C=O) groups excluding carboxylic acids is 2. The summed E-state index contributed by atoms with van der Waals surface area (Å²) in [4.78, 5) is 29.9. The van der Waals surface area contributed by atoms with Crippen molar-refractivity contribution in [3.63, 3.8) is 0 Å². The van der Waals surface area contributed by atoms with E-state index >= 15 is 0 Å². The summed E-state index contributed by atoms with van der Waals surface area (Å²) in [5, 5.41) is 12.9. The van der Waals surface area contributed by atoms with Crippen LogP contribution in [0.1, 0.15) is 55.6 Å². The second-order valence-corrected chi connectivity index (χ2v) is 9.78. The lowest BCUT2D eigenvalue weighted by Crippen LogP contribution is -2.44. The van der Waals surface area contributed by atoms with E-state index in [0.29, 0.717) is 25.0 Å². The highest BCUT2D eigenvalue weighted by molar-refractivity contribution is 5.97. The molecular weight excluding hydrogens is 514 g/mol. The molecule has 1 aromatic carbocycles. The van der Waals surface area contributed by atoms with Gasteiger partial charge in [0.15, 0.2) is 17.2 Å². The molecule has 0 aliphatic carbocycles. The Hall–Kier alpha value is -3.47. The van der Waals surface area contributed by atoms with E-state index in [4.69, 9.17) is 18.9 Å². The van der Waals surface area contributed by atoms with Gasteiger partial charge in [-0.3, -0.25) is 4.79 Å². The molecule has 0 saturated carbocycles. The van der Waals surface area contributed by atoms with Crippen LogP contribution in [0.2, 0.25) is 0 Å². The summed E-state index contributed by atoms with van der Waals surface area (Å²) in [6, 6.07) is 7.93. The fraction of sp³-hybridized carbons (Fsp3) is 0.536. The number of hydrogen-bond donors (Lipinski definition) is 2. The molecule has 4 atom stereocenters. The molecule has 0 unspecified atom stereocenters. The van der Waals surface area contributed by atoms with Crippen LogP contribution in [0.5, 0.6) is 17.2 Å². The van der Waals surface area contributed by atoms with Crippen LogP contribution < -0.4 is 14.8 Å². The topological polar surface area (TPSA) is 116 Å². The van der Waals surface area contributed by atoms with Gasteiger partial charge in [0.25, 0.3) is 5.91 Å². The maximum atomic E-state index is 13.5. The summed E-state index contributed by atoms with van der Waals surface area (Å²) >= 11 is 0. The second-order valence-electron chi connectivity index (χ2n) is 9.78. The third kappa shape index (κ3) is 8.51. The number of carbonyl (C=O) groups is 2. The number of amides is 1. The van der Waals surface area contributed by atoms with Crippen LogP contribution in [0.25, 0.3) is 0 Å². The van der Waals surface area contributed by atoms with Crippen molar-refractivity contribution in [3.05, 3.63) is 47.8 Å². The van der Waals surface area contributed by atoms with E-state index in [9.17, 15) is 23.5 Å². The lowest BCUT2D eigenvalue weighted by molar-refractivity contribution is -0.162. The zero-order valence-electron chi connectivity index (χ0n) is 22.6. The number of halogens is 2. The van der Waals surface area contributed by atoms with Crippen molar-refractivity contribution >= 4 is 11.9 Å². The normalized spacial score (nSPS) is 22.2. The summed E-state index contributed by atoms with van der Waals surface area (Å²) in [6.07, 6.45) is 1.38. The molecule has 2 heterocycles. The first-order valence-corrected chi connectivity index (χ1v) is 12.9. The van der Waals surface area contributed by atoms with E-state index in [0.717, 1.165) is 12.5 Å². The van der Waals surface area contributed by atoms with Crippen molar-refractivity contribution < 1.29 is 42.4 Å². The molecule has 1 aliphatic heterocycles. The summed E-state index contributed by atoms with van der Waals surface area (Å²) in [6.45, 7) is 2.30. The molecule has 3 rings (SSSR count). The van der Waals surface area contributed by atoms with Crippen LogP contribution in [0, 0.1) is 5.92 Å². The third-order valence-electron chi connectivity index (χ3n) is 6.72. The Bertz CT molecular complexity index is 1110. The van der Waals surface area contributed by atoms with Gasteiger partial charge < -0.3 is 29.4 Å². The Morgan fingerprint density at radius 1 is 1.18 bits per heavy atom. The summed E-state index contributed by atoms with van der Waals surface area (Å²) in [5.41, 5.74) is 0.714. The zero-order chi connectivity index (χ0) is 28.6. The molecule has 0 radical (unpaired) electrons. The van der Waals surface area contributed by atoms with Gasteiger partial charge in [0.2, 0.25) is 5.92 Å². The van der Waals surface area contributed by atoms with E-state index in [-0.39, 0.29) is 30.4 Å². The zero-order valence-corrected chi connectivity index (χ0v) is 22.6. The average Bonchev–Trinajstić information content (AvgIpc) is 2.93. The number of aromatic nitrogens is 1. The van der Waals surface area contributed by atoms with Gasteiger partial charge in [-0.05, 0) is 56.7 Å². The first-order valence-electron chi connectivity index (χ1n) is 12.9. The number of methoxy groups -OCH3 is 2. The highest BCUT2D eigenvalue weighted by Crippen LogP contribution is 2.30. The number of alkyl halides is 2. The molecule has 2 aromatic rings. The van der Waals surface area contributed by atoms with Gasteiger partial charge in [0.05, 0.1) is 26.9 Å². The number of pyridine rings is 1. The van der Waals surface area contributed by atoms with E-state index in [1.807, 2.05) is 24.3 Å². The van der Waals surface area contributed by atoms with Crippen LogP contribution in [-0.2, 0) is 20.7 Å². The number of nitrogens with zero attached hydrogens (tertiary/aromatic N) is 1. The maximum absolute atomic E-state index is 13.5. The molecule has 1 saturated heterocycles. The maximum Gasteiger partial charge on any atom is 0.329 e. The van der Waals surface area contributed by atoms with Crippen molar-refractivity contribution in [2.75, 3.05) is 20.8 Å². The molecule has 39 heavy (non-hydrogen) atoms. The average molecular weight is 551 g/mol. The molecule has 9 nitrogen and oxygen atoms in total. The van der Waals surface area contributed by atoms with E-state index in [1.165, 1.54) is 19.4 Å². The highest BCUT2D eigenvalue weighted by Gasteiger charge is 2.36. The van der Waals surface area contributed by atoms with Crippen LogP contribution in [-0.4, -0.2) is 67.0 Å². The van der Waals surface area contributed by atoms with Crippen LogP contribution in [0.4, 0.5) is 8.78 Å². The Balaban J connectivity index is 1.79. The van der Waals surface area contributed by atoms with Crippen molar-refractivity contribution in [1.82, 2.24) is 10.3 Å². The minimum absolute atomic E-state index is 0.0693. The molecule has 214 valence electrons. The molecule has 1 amide bonds. The largest absolute Gasteiger partial charge is 0.503 e. The molecular formula is C28H36F2N2O7. The number of hydrogen-bond acceptors (Lipinski definition) is 8. The minimum atomic E-state index is -2.89. The quantitative estimate of drug-likeness (QED) is 0.421. The van der Waals surface area contributed by atoms with Crippen molar-refractivity contribution in [1.29, 1.82) is 0 Å². The summed E-state index contributed by atoms with van der Waals surface area (Å²) in [5.74, 6) is -4.14.